The fourth-order valence-electron chi connectivity index (χ4n) is 4.19. The van der Waals surface area contributed by atoms with Crippen LogP contribution in [0.25, 0.3) is 0 Å². The number of aliphatic hydroxyl groups excluding tert-OH is 1. The zero-order chi connectivity index (χ0) is 19.3. The number of nitrogens with one attached hydrogen (secondary N) is 3. The van der Waals surface area contributed by atoms with Crippen LogP contribution < -0.4 is 16.0 Å². The quantitative estimate of drug-likeness (QED) is 0.571. The lowest BCUT2D eigenvalue weighted by Gasteiger charge is -2.26. The van der Waals surface area contributed by atoms with Crippen LogP contribution in [0.2, 0.25) is 0 Å². The van der Waals surface area contributed by atoms with Crippen molar-refractivity contribution in [2.75, 3.05) is 5.32 Å². The maximum atomic E-state index is 12.8. The van der Waals surface area contributed by atoms with Gasteiger partial charge in [0.1, 0.15) is 0 Å². The van der Waals surface area contributed by atoms with Gasteiger partial charge < -0.3 is 15.7 Å². The molecule has 1 aromatic carbocycles. The second kappa shape index (κ2) is 8.67. The third-order valence-electron chi connectivity index (χ3n) is 5.57. The number of benzene rings is 1. The molecule has 0 aliphatic heterocycles. The average molecular weight is 381 g/mol. The maximum absolute atomic E-state index is 12.8. The minimum absolute atomic E-state index is 0.0463. The van der Waals surface area contributed by atoms with Crippen LogP contribution in [0.4, 0.5) is 5.82 Å². The number of hydrogen-bond donors (Lipinski definition) is 4. The van der Waals surface area contributed by atoms with Crippen molar-refractivity contribution in [3.63, 3.8) is 0 Å². The van der Waals surface area contributed by atoms with Crippen molar-refractivity contribution in [1.82, 2.24) is 20.6 Å². The summed E-state index contributed by atoms with van der Waals surface area (Å²) >= 11 is 0. The fourth-order valence-corrected chi connectivity index (χ4v) is 4.19. The highest BCUT2D eigenvalue weighted by Gasteiger charge is 2.25. The summed E-state index contributed by atoms with van der Waals surface area (Å²) in [4.78, 5) is 21.2. The predicted octanol–water partition coefficient (Wildman–Crippen LogP) is 1.98. The first-order chi connectivity index (χ1) is 13.7. The number of nitrogens with zero attached hydrogens (tertiary/aromatic N) is 2. The Labute approximate surface area is 165 Å². The highest BCUT2D eigenvalue weighted by Crippen LogP contribution is 2.22. The van der Waals surface area contributed by atoms with Gasteiger partial charge in [0.2, 0.25) is 0 Å². The number of aliphatic hydroxyl groups is 1. The molecule has 1 saturated carbocycles. The minimum Gasteiger partial charge on any atom is -0.361 e. The molecule has 0 saturated heterocycles. The molecule has 1 atom stereocenters. The van der Waals surface area contributed by atoms with E-state index in [0.29, 0.717) is 0 Å². The van der Waals surface area contributed by atoms with Gasteiger partial charge in [-0.3, -0.25) is 10.1 Å². The van der Waals surface area contributed by atoms with Crippen molar-refractivity contribution >= 4 is 11.7 Å². The van der Waals surface area contributed by atoms with Crippen molar-refractivity contribution in [3.05, 3.63) is 53.5 Å². The SMILES string of the molecule is O=C(NC1Cc2ccccc2C1)c1nccnc1NC(O)NC1CCCCC1. The zero-order valence-electron chi connectivity index (χ0n) is 15.9. The molecule has 2 aliphatic carbocycles. The van der Waals surface area contributed by atoms with Crippen LogP contribution in [0.15, 0.2) is 36.7 Å². The molecule has 1 amide bonds. The first-order valence-electron chi connectivity index (χ1n) is 10.1. The molecule has 148 valence electrons. The van der Waals surface area contributed by atoms with Gasteiger partial charge in [0.05, 0.1) is 0 Å². The lowest BCUT2D eigenvalue weighted by molar-refractivity contribution is 0.0933. The second-order valence-corrected chi connectivity index (χ2v) is 7.65. The number of fused-ring (bicyclic) bond motifs is 1. The molecule has 1 aromatic heterocycles. The molecule has 1 unspecified atom stereocenters. The molecule has 0 radical (unpaired) electrons. The molecular formula is C21H27N5O2. The first-order valence-corrected chi connectivity index (χ1v) is 10.1. The van der Waals surface area contributed by atoms with E-state index in [4.69, 9.17) is 0 Å². The van der Waals surface area contributed by atoms with Gasteiger partial charge in [-0.2, -0.15) is 0 Å². The first kappa shape index (κ1) is 18.8. The number of carbonyl (C=O) groups is 1. The van der Waals surface area contributed by atoms with E-state index >= 15 is 0 Å². The van der Waals surface area contributed by atoms with Crippen LogP contribution in [0.1, 0.15) is 53.7 Å². The number of carbonyl (C=O) groups excluding carboxylic acids is 1. The van der Waals surface area contributed by atoms with Crippen LogP contribution in [0, 0.1) is 0 Å². The molecule has 4 rings (SSSR count). The van der Waals surface area contributed by atoms with E-state index in [2.05, 4.69) is 38.1 Å². The normalized spacial score (nSPS) is 18.5. The van der Waals surface area contributed by atoms with Gasteiger partial charge >= 0.3 is 0 Å². The number of rotatable bonds is 6. The summed E-state index contributed by atoms with van der Waals surface area (Å²) in [6.07, 6.45) is 9.36. The lowest BCUT2D eigenvalue weighted by atomic mass is 9.96. The summed E-state index contributed by atoms with van der Waals surface area (Å²) < 4.78 is 0. The third kappa shape index (κ3) is 4.48. The Bertz CT molecular complexity index is 797. The molecule has 0 spiro atoms. The summed E-state index contributed by atoms with van der Waals surface area (Å²) in [6, 6.07) is 8.57. The molecule has 1 heterocycles. The van der Waals surface area contributed by atoms with Crippen LogP contribution in [0.5, 0.6) is 0 Å². The summed E-state index contributed by atoms with van der Waals surface area (Å²) in [5, 5.41) is 19.4. The molecular weight excluding hydrogens is 354 g/mol. The highest BCUT2D eigenvalue weighted by molar-refractivity contribution is 5.96. The second-order valence-electron chi connectivity index (χ2n) is 7.65. The molecule has 1 fully saturated rings. The Kier molecular flexibility index (Phi) is 5.83. The molecule has 28 heavy (non-hydrogen) atoms. The topological polar surface area (TPSA) is 99.2 Å². The van der Waals surface area contributed by atoms with Crippen LogP contribution in [-0.2, 0) is 12.8 Å². The van der Waals surface area contributed by atoms with Crippen molar-refractivity contribution < 1.29 is 9.90 Å². The molecule has 2 aliphatic rings. The largest absolute Gasteiger partial charge is 0.361 e. The fraction of sp³-hybridized carbons (Fsp3) is 0.476. The van der Waals surface area contributed by atoms with Crippen molar-refractivity contribution in [2.24, 2.45) is 0 Å². The number of anilines is 1. The minimum atomic E-state index is -0.970. The summed E-state index contributed by atoms with van der Waals surface area (Å²) in [5.41, 5.74) is 2.75. The molecule has 0 bridgehead atoms. The van der Waals surface area contributed by atoms with E-state index < -0.39 is 6.35 Å². The lowest BCUT2D eigenvalue weighted by Crippen LogP contribution is -2.44. The number of amides is 1. The monoisotopic (exact) mass is 381 g/mol. The smallest absolute Gasteiger partial charge is 0.273 e. The van der Waals surface area contributed by atoms with E-state index in [0.717, 1.165) is 25.7 Å². The van der Waals surface area contributed by atoms with Crippen LogP contribution >= 0.6 is 0 Å². The van der Waals surface area contributed by atoms with E-state index in [1.165, 1.54) is 42.8 Å². The Hall–Kier alpha value is -2.51. The van der Waals surface area contributed by atoms with Crippen molar-refractivity contribution in [1.29, 1.82) is 0 Å². The summed E-state index contributed by atoms with van der Waals surface area (Å²) in [6.45, 7) is 0. The zero-order valence-corrected chi connectivity index (χ0v) is 15.9. The van der Waals surface area contributed by atoms with Gasteiger partial charge in [0.15, 0.2) is 17.9 Å². The van der Waals surface area contributed by atoms with Gasteiger partial charge in [-0.15, -0.1) is 0 Å². The third-order valence-corrected chi connectivity index (χ3v) is 5.57. The molecule has 7 nitrogen and oxygen atoms in total. The van der Waals surface area contributed by atoms with Gasteiger partial charge in [-0.1, -0.05) is 43.5 Å². The van der Waals surface area contributed by atoms with Crippen molar-refractivity contribution in [2.45, 2.75) is 63.4 Å². The molecule has 2 aromatic rings. The van der Waals surface area contributed by atoms with E-state index in [-0.39, 0.29) is 29.5 Å². The molecule has 7 heteroatoms. The van der Waals surface area contributed by atoms with Gasteiger partial charge in [0, 0.05) is 24.5 Å². The highest BCUT2D eigenvalue weighted by atomic mass is 16.3. The van der Waals surface area contributed by atoms with Crippen LogP contribution in [0.3, 0.4) is 0 Å². The summed E-state index contributed by atoms with van der Waals surface area (Å²) in [7, 11) is 0. The van der Waals surface area contributed by atoms with Crippen LogP contribution in [-0.4, -0.2) is 39.4 Å². The Morgan fingerprint density at radius 2 is 1.68 bits per heavy atom. The van der Waals surface area contributed by atoms with E-state index in [1.807, 2.05) is 12.1 Å². The Morgan fingerprint density at radius 3 is 2.39 bits per heavy atom. The van der Waals surface area contributed by atoms with E-state index in [9.17, 15) is 9.90 Å². The maximum Gasteiger partial charge on any atom is 0.273 e. The average Bonchev–Trinajstić information content (AvgIpc) is 3.11. The Balaban J connectivity index is 1.37. The van der Waals surface area contributed by atoms with Gasteiger partial charge in [-0.25, -0.2) is 9.97 Å². The number of aromatic nitrogens is 2. The van der Waals surface area contributed by atoms with Crippen molar-refractivity contribution in [3.8, 4) is 0 Å². The number of hydrogen-bond acceptors (Lipinski definition) is 6. The van der Waals surface area contributed by atoms with Gasteiger partial charge in [0.25, 0.3) is 5.91 Å². The van der Waals surface area contributed by atoms with E-state index in [1.54, 1.807) is 0 Å². The predicted molar refractivity (Wildman–Crippen MR) is 107 cm³/mol. The Morgan fingerprint density at radius 1 is 1.00 bits per heavy atom. The molecule has 4 N–H and O–H groups in total. The van der Waals surface area contributed by atoms with Gasteiger partial charge in [-0.05, 0) is 36.8 Å². The summed E-state index contributed by atoms with van der Waals surface area (Å²) in [5.74, 6) is 0.00425. The standard InChI is InChI=1S/C21H27N5O2/c27-20(24-17-12-14-6-4-5-7-15(14)13-17)18-19(23-11-10-22-18)26-21(28)25-16-8-2-1-3-9-16/h4-7,10-11,16-17,21,25,28H,1-3,8-9,12-13H2,(H,23,26)(H,24,27).